The van der Waals surface area contributed by atoms with Crippen molar-refractivity contribution in [3.05, 3.63) is 29.6 Å². The molecule has 2 unspecified atom stereocenters. The molecule has 1 amide bonds. The first-order valence-corrected chi connectivity index (χ1v) is 6.94. The number of carbonyl (C=O) groups is 1. The van der Waals surface area contributed by atoms with Crippen LogP contribution in [0.25, 0.3) is 0 Å². The number of halogens is 1. The van der Waals surface area contributed by atoms with Gasteiger partial charge >= 0.3 is 0 Å². The van der Waals surface area contributed by atoms with Crippen LogP contribution in [0.15, 0.2) is 18.2 Å². The lowest BCUT2D eigenvalue weighted by molar-refractivity contribution is 0.0922. The monoisotopic (exact) mass is 264 g/mol. The summed E-state index contributed by atoms with van der Waals surface area (Å²) in [5.41, 5.74) is 6.24. The van der Waals surface area contributed by atoms with Gasteiger partial charge in [0.15, 0.2) is 0 Å². The molecule has 3 nitrogen and oxygen atoms in total. The minimum Gasteiger partial charge on any atom is -0.398 e. The Morgan fingerprint density at radius 3 is 2.79 bits per heavy atom. The Hall–Kier alpha value is -1.58. The zero-order valence-electron chi connectivity index (χ0n) is 11.3. The number of anilines is 1. The molecule has 0 radical (unpaired) electrons. The maximum atomic E-state index is 13.0. The quantitative estimate of drug-likeness (QED) is 0.637. The molecular weight excluding hydrogens is 243 g/mol. The van der Waals surface area contributed by atoms with Crippen LogP contribution in [0.4, 0.5) is 10.1 Å². The first-order valence-electron chi connectivity index (χ1n) is 6.94. The molecule has 2 atom stereocenters. The van der Waals surface area contributed by atoms with Gasteiger partial charge in [0, 0.05) is 11.7 Å². The first kappa shape index (κ1) is 13.8. The van der Waals surface area contributed by atoms with Crippen LogP contribution in [0.3, 0.4) is 0 Å². The predicted octanol–water partition coefficient (Wildman–Crippen LogP) is 3.11. The summed E-state index contributed by atoms with van der Waals surface area (Å²) in [6.07, 6.45) is 5.76. The van der Waals surface area contributed by atoms with Crippen molar-refractivity contribution in [2.45, 2.75) is 45.1 Å². The summed E-state index contributed by atoms with van der Waals surface area (Å²) < 4.78 is 13.0. The molecule has 0 spiro atoms. The van der Waals surface area contributed by atoms with Crippen LogP contribution < -0.4 is 11.1 Å². The van der Waals surface area contributed by atoms with Crippen molar-refractivity contribution in [3.63, 3.8) is 0 Å². The van der Waals surface area contributed by atoms with E-state index in [0.29, 0.717) is 11.5 Å². The second-order valence-corrected chi connectivity index (χ2v) is 5.43. The minimum atomic E-state index is -0.420. The maximum Gasteiger partial charge on any atom is 0.253 e. The second kappa shape index (κ2) is 6.04. The Labute approximate surface area is 113 Å². The molecule has 4 heteroatoms. The number of nitrogen functional groups attached to an aromatic ring is 1. The fraction of sp³-hybridized carbons (Fsp3) is 0.533. The van der Waals surface area contributed by atoms with Crippen LogP contribution in [0.1, 0.15) is 49.4 Å². The third kappa shape index (κ3) is 3.46. The van der Waals surface area contributed by atoms with Gasteiger partial charge in [-0.2, -0.15) is 0 Å². The summed E-state index contributed by atoms with van der Waals surface area (Å²) >= 11 is 0. The number of rotatable bonds is 2. The van der Waals surface area contributed by atoms with E-state index in [9.17, 15) is 9.18 Å². The number of carbonyl (C=O) groups excluding carboxylic acids is 1. The van der Waals surface area contributed by atoms with Gasteiger partial charge in [-0.25, -0.2) is 4.39 Å². The van der Waals surface area contributed by atoms with E-state index in [1.54, 1.807) is 0 Å². The van der Waals surface area contributed by atoms with Crippen LogP contribution in [-0.2, 0) is 0 Å². The van der Waals surface area contributed by atoms with Gasteiger partial charge in [0.05, 0.1) is 5.56 Å². The van der Waals surface area contributed by atoms with Crippen molar-refractivity contribution in [3.8, 4) is 0 Å². The molecule has 0 saturated heterocycles. The minimum absolute atomic E-state index is 0.193. The smallest absolute Gasteiger partial charge is 0.253 e. The van der Waals surface area contributed by atoms with Crippen molar-refractivity contribution >= 4 is 11.6 Å². The number of hydrogen-bond acceptors (Lipinski definition) is 2. The van der Waals surface area contributed by atoms with E-state index in [0.717, 1.165) is 19.3 Å². The fourth-order valence-corrected chi connectivity index (χ4v) is 2.69. The van der Waals surface area contributed by atoms with E-state index >= 15 is 0 Å². The van der Waals surface area contributed by atoms with Gasteiger partial charge in [-0.3, -0.25) is 4.79 Å². The van der Waals surface area contributed by atoms with E-state index in [2.05, 4.69) is 12.2 Å². The van der Waals surface area contributed by atoms with E-state index < -0.39 is 5.82 Å². The van der Waals surface area contributed by atoms with Crippen LogP contribution in [0.2, 0.25) is 0 Å². The second-order valence-electron chi connectivity index (χ2n) is 5.43. The zero-order valence-corrected chi connectivity index (χ0v) is 11.3. The summed E-state index contributed by atoms with van der Waals surface area (Å²) in [5, 5.41) is 3.04. The molecule has 0 aromatic heterocycles. The Morgan fingerprint density at radius 1 is 1.32 bits per heavy atom. The van der Waals surface area contributed by atoms with Crippen molar-refractivity contribution in [2.24, 2.45) is 5.92 Å². The van der Waals surface area contributed by atoms with E-state index in [1.807, 2.05) is 0 Å². The van der Waals surface area contributed by atoms with Crippen molar-refractivity contribution in [1.29, 1.82) is 0 Å². The summed E-state index contributed by atoms with van der Waals surface area (Å²) in [6, 6.07) is 4.09. The Bertz CT molecular complexity index is 461. The highest BCUT2D eigenvalue weighted by atomic mass is 19.1. The molecule has 2 rings (SSSR count). The van der Waals surface area contributed by atoms with Crippen molar-refractivity contribution in [1.82, 2.24) is 5.32 Å². The van der Waals surface area contributed by atoms with Gasteiger partial charge in [0.2, 0.25) is 0 Å². The van der Waals surface area contributed by atoms with Crippen LogP contribution >= 0.6 is 0 Å². The summed E-state index contributed by atoms with van der Waals surface area (Å²) in [4.78, 5) is 12.2. The molecular formula is C15H21FN2O. The Kier molecular flexibility index (Phi) is 4.40. The average Bonchev–Trinajstić information content (AvgIpc) is 2.55. The molecule has 3 N–H and O–H groups in total. The van der Waals surface area contributed by atoms with Gasteiger partial charge in [0.1, 0.15) is 5.82 Å². The van der Waals surface area contributed by atoms with Gasteiger partial charge in [-0.05, 0) is 37.0 Å². The summed E-state index contributed by atoms with van der Waals surface area (Å²) in [5.74, 6) is -0.138. The molecule has 1 aliphatic carbocycles. The molecule has 1 aliphatic rings. The third-order valence-corrected chi connectivity index (χ3v) is 3.94. The number of nitrogens with one attached hydrogen (secondary N) is 1. The number of hydrogen-bond donors (Lipinski definition) is 2. The molecule has 0 heterocycles. The number of amides is 1. The van der Waals surface area contributed by atoms with Gasteiger partial charge in [-0.1, -0.05) is 26.2 Å². The highest BCUT2D eigenvalue weighted by Crippen LogP contribution is 2.23. The molecule has 0 aliphatic heterocycles. The molecule has 19 heavy (non-hydrogen) atoms. The van der Waals surface area contributed by atoms with Crippen molar-refractivity contribution in [2.75, 3.05) is 5.73 Å². The standard InChI is InChI=1S/C15H21FN2O/c1-10-5-3-2-4-6-14(10)18-15(19)12-8-7-11(16)9-13(12)17/h7-10,14H,2-6,17H2,1H3,(H,18,19). The maximum absolute atomic E-state index is 13.0. The number of nitrogens with two attached hydrogens (primary N) is 1. The normalized spacial score (nSPS) is 23.7. The van der Waals surface area contributed by atoms with Crippen molar-refractivity contribution < 1.29 is 9.18 Å². The molecule has 1 fully saturated rings. The van der Waals surface area contributed by atoms with E-state index in [4.69, 9.17) is 5.73 Å². The van der Waals surface area contributed by atoms with Crippen LogP contribution in [0, 0.1) is 11.7 Å². The first-order chi connectivity index (χ1) is 9.08. The molecule has 1 aromatic rings. The molecule has 1 aromatic carbocycles. The highest BCUT2D eigenvalue weighted by Gasteiger charge is 2.22. The van der Waals surface area contributed by atoms with E-state index in [1.165, 1.54) is 31.0 Å². The fourth-order valence-electron chi connectivity index (χ4n) is 2.69. The summed E-state index contributed by atoms with van der Waals surface area (Å²) in [7, 11) is 0. The third-order valence-electron chi connectivity index (χ3n) is 3.94. The lowest BCUT2D eigenvalue weighted by atomic mass is 9.96. The van der Waals surface area contributed by atoms with Gasteiger partial charge in [0.25, 0.3) is 5.91 Å². The number of benzene rings is 1. The Morgan fingerprint density at radius 2 is 2.05 bits per heavy atom. The molecule has 104 valence electrons. The van der Waals surface area contributed by atoms with Gasteiger partial charge in [-0.15, -0.1) is 0 Å². The Balaban J connectivity index is 2.07. The summed E-state index contributed by atoms with van der Waals surface area (Å²) in [6.45, 7) is 2.17. The molecule has 1 saturated carbocycles. The van der Waals surface area contributed by atoms with Crippen LogP contribution in [0.5, 0.6) is 0 Å². The lowest BCUT2D eigenvalue weighted by Gasteiger charge is -2.23. The van der Waals surface area contributed by atoms with E-state index in [-0.39, 0.29) is 17.6 Å². The highest BCUT2D eigenvalue weighted by molar-refractivity contribution is 5.99. The SMILES string of the molecule is CC1CCCCCC1NC(=O)c1ccc(F)cc1N. The van der Waals surface area contributed by atoms with Gasteiger partial charge < -0.3 is 11.1 Å². The predicted molar refractivity (Wildman–Crippen MR) is 74.3 cm³/mol. The lowest BCUT2D eigenvalue weighted by Crippen LogP contribution is -2.39. The zero-order chi connectivity index (χ0) is 13.8. The largest absolute Gasteiger partial charge is 0.398 e. The topological polar surface area (TPSA) is 55.1 Å². The van der Waals surface area contributed by atoms with Crippen LogP contribution in [-0.4, -0.2) is 11.9 Å². The average molecular weight is 264 g/mol. The molecule has 0 bridgehead atoms.